The molecular formula is C18H18ClN3O4S. The van der Waals surface area contributed by atoms with Crippen LogP contribution in [0.2, 0.25) is 5.02 Å². The van der Waals surface area contributed by atoms with Gasteiger partial charge >= 0.3 is 0 Å². The first kappa shape index (κ1) is 19.3. The van der Waals surface area contributed by atoms with Crippen molar-refractivity contribution in [2.24, 2.45) is 0 Å². The van der Waals surface area contributed by atoms with Gasteiger partial charge in [0.15, 0.2) is 0 Å². The minimum absolute atomic E-state index is 0.0639. The topological polar surface area (TPSA) is 95.6 Å². The number of amides is 2. The molecule has 2 N–H and O–H groups in total. The molecule has 9 heteroatoms. The van der Waals surface area contributed by atoms with Crippen LogP contribution in [0, 0.1) is 0 Å². The number of rotatable bonds is 5. The average Bonchev–Trinajstić information content (AvgIpc) is 2.95. The Morgan fingerprint density at radius 1 is 1.11 bits per heavy atom. The number of hydrogen-bond acceptors (Lipinski definition) is 4. The fourth-order valence-corrected chi connectivity index (χ4v) is 4.22. The van der Waals surface area contributed by atoms with Gasteiger partial charge in [-0.25, -0.2) is 13.1 Å². The van der Waals surface area contributed by atoms with Crippen LogP contribution in [0.25, 0.3) is 0 Å². The average molecular weight is 408 g/mol. The quantitative estimate of drug-likeness (QED) is 0.795. The zero-order valence-corrected chi connectivity index (χ0v) is 16.0. The summed E-state index contributed by atoms with van der Waals surface area (Å²) in [4.78, 5) is 24.9. The number of benzene rings is 2. The van der Waals surface area contributed by atoms with Gasteiger partial charge in [0.2, 0.25) is 21.8 Å². The Bertz CT molecular complexity index is 959. The summed E-state index contributed by atoms with van der Waals surface area (Å²) in [6, 6.07) is 12.1. The molecule has 27 heavy (non-hydrogen) atoms. The van der Waals surface area contributed by atoms with E-state index >= 15 is 0 Å². The SMILES string of the molecule is CC(=O)Nc1ccc(S(=O)(=O)N[C@H]2CC(=O)N(c3ccc(Cl)cc3)C2)cc1. The Kier molecular flexibility index (Phi) is 5.50. The molecule has 0 saturated carbocycles. The highest BCUT2D eigenvalue weighted by molar-refractivity contribution is 7.89. The number of hydrogen-bond donors (Lipinski definition) is 2. The van der Waals surface area contributed by atoms with Crippen molar-refractivity contribution in [3.05, 3.63) is 53.6 Å². The summed E-state index contributed by atoms with van der Waals surface area (Å²) in [5, 5.41) is 3.14. The van der Waals surface area contributed by atoms with Crippen molar-refractivity contribution in [3.63, 3.8) is 0 Å². The zero-order valence-electron chi connectivity index (χ0n) is 14.5. The van der Waals surface area contributed by atoms with E-state index in [-0.39, 0.29) is 29.7 Å². The molecule has 7 nitrogen and oxygen atoms in total. The van der Waals surface area contributed by atoms with Gasteiger partial charge in [-0.3, -0.25) is 9.59 Å². The molecule has 0 aromatic heterocycles. The summed E-state index contributed by atoms with van der Waals surface area (Å²) in [6.07, 6.45) is 0.0752. The van der Waals surface area contributed by atoms with Crippen LogP contribution in [0.15, 0.2) is 53.4 Å². The molecule has 3 rings (SSSR count). The van der Waals surface area contributed by atoms with E-state index in [1.807, 2.05) is 0 Å². The zero-order chi connectivity index (χ0) is 19.6. The second-order valence-corrected chi connectivity index (χ2v) is 8.36. The lowest BCUT2D eigenvalue weighted by Crippen LogP contribution is -2.37. The number of carbonyl (C=O) groups excluding carboxylic acids is 2. The van der Waals surface area contributed by atoms with Gasteiger partial charge < -0.3 is 10.2 Å². The summed E-state index contributed by atoms with van der Waals surface area (Å²) in [5.74, 6) is -0.401. The standard InChI is InChI=1S/C18H18ClN3O4S/c1-12(23)20-14-4-8-17(9-5-14)27(25,26)21-15-10-18(24)22(11-15)16-6-2-13(19)3-7-16/h2-9,15,21H,10-11H2,1H3,(H,20,23)/t15-/m0/s1. The molecular weight excluding hydrogens is 390 g/mol. The van der Waals surface area contributed by atoms with E-state index in [1.54, 1.807) is 24.3 Å². The molecule has 142 valence electrons. The van der Waals surface area contributed by atoms with E-state index in [4.69, 9.17) is 11.6 Å². The summed E-state index contributed by atoms with van der Waals surface area (Å²) >= 11 is 5.86. The van der Waals surface area contributed by atoms with Gasteiger partial charge in [-0.05, 0) is 48.5 Å². The third-order valence-electron chi connectivity index (χ3n) is 4.07. The highest BCUT2D eigenvalue weighted by Gasteiger charge is 2.33. The van der Waals surface area contributed by atoms with Crippen molar-refractivity contribution in [2.45, 2.75) is 24.3 Å². The molecule has 2 aromatic rings. The largest absolute Gasteiger partial charge is 0.326 e. The van der Waals surface area contributed by atoms with E-state index in [0.717, 1.165) is 0 Å². The molecule has 1 aliphatic rings. The Morgan fingerprint density at radius 3 is 2.33 bits per heavy atom. The first-order chi connectivity index (χ1) is 12.7. The van der Waals surface area contributed by atoms with E-state index in [2.05, 4.69) is 10.0 Å². The molecule has 0 unspecified atom stereocenters. The lowest BCUT2D eigenvalue weighted by Gasteiger charge is -2.17. The fourth-order valence-electron chi connectivity index (χ4n) is 2.87. The van der Waals surface area contributed by atoms with Crippen LogP contribution < -0.4 is 14.9 Å². The molecule has 0 aliphatic carbocycles. The molecule has 0 radical (unpaired) electrons. The maximum Gasteiger partial charge on any atom is 0.240 e. The Labute approximate surface area is 162 Å². The van der Waals surface area contributed by atoms with Gasteiger partial charge in [0, 0.05) is 42.3 Å². The van der Waals surface area contributed by atoms with Crippen LogP contribution in [0.3, 0.4) is 0 Å². The molecule has 1 atom stereocenters. The van der Waals surface area contributed by atoms with E-state index in [1.165, 1.54) is 36.1 Å². The molecule has 0 bridgehead atoms. The van der Waals surface area contributed by atoms with Crippen molar-refractivity contribution in [1.29, 1.82) is 0 Å². The predicted octanol–water partition coefficient (Wildman–Crippen LogP) is 2.38. The highest BCUT2D eigenvalue weighted by atomic mass is 35.5. The number of halogens is 1. The second-order valence-electron chi connectivity index (χ2n) is 6.21. The monoisotopic (exact) mass is 407 g/mol. The second kappa shape index (κ2) is 7.67. The minimum atomic E-state index is -3.79. The first-order valence-electron chi connectivity index (χ1n) is 8.20. The van der Waals surface area contributed by atoms with Crippen LogP contribution in [0.1, 0.15) is 13.3 Å². The van der Waals surface area contributed by atoms with Crippen molar-refractivity contribution in [3.8, 4) is 0 Å². The van der Waals surface area contributed by atoms with Crippen LogP contribution >= 0.6 is 11.6 Å². The lowest BCUT2D eigenvalue weighted by atomic mass is 10.3. The maximum absolute atomic E-state index is 12.6. The maximum atomic E-state index is 12.6. The molecule has 2 aromatic carbocycles. The van der Waals surface area contributed by atoms with Gasteiger partial charge in [0.25, 0.3) is 0 Å². The van der Waals surface area contributed by atoms with Crippen LogP contribution in [0.5, 0.6) is 0 Å². The number of carbonyl (C=O) groups is 2. The normalized spacial score (nSPS) is 17.2. The Hall–Kier alpha value is -2.42. The molecule has 0 spiro atoms. The third-order valence-corrected chi connectivity index (χ3v) is 5.86. The molecule has 1 saturated heterocycles. The van der Waals surface area contributed by atoms with E-state index < -0.39 is 16.1 Å². The highest BCUT2D eigenvalue weighted by Crippen LogP contribution is 2.24. The van der Waals surface area contributed by atoms with Crippen LogP contribution in [0.4, 0.5) is 11.4 Å². The third kappa shape index (κ3) is 4.65. The van der Waals surface area contributed by atoms with E-state index in [9.17, 15) is 18.0 Å². The number of anilines is 2. The number of nitrogens with one attached hydrogen (secondary N) is 2. The van der Waals surface area contributed by atoms with Crippen LogP contribution in [-0.2, 0) is 19.6 Å². The Balaban J connectivity index is 1.70. The predicted molar refractivity (Wildman–Crippen MR) is 103 cm³/mol. The van der Waals surface area contributed by atoms with Crippen molar-refractivity contribution >= 4 is 44.8 Å². The summed E-state index contributed by atoms with van der Waals surface area (Å²) in [5.41, 5.74) is 1.18. The van der Waals surface area contributed by atoms with Gasteiger partial charge in [0.1, 0.15) is 0 Å². The smallest absolute Gasteiger partial charge is 0.240 e. The molecule has 1 heterocycles. The number of nitrogens with zero attached hydrogens (tertiary/aromatic N) is 1. The summed E-state index contributed by atoms with van der Waals surface area (Å²) in [7, 11) is -3.79. The summed E-state index contributed by atoms with van der Waals surface area (Å²) < 4.78 is 27.7. The van der Waals surface area contributed by atoms with Crippen molar-refractivity contribution < 1.29 is 18.0 Å². The van der Waals surface area contributed by atoms with Crippen molar-refractivity contribution in [1.82, 2.24) is 4.72 Å². The first-order valence-corrected chi connectivity index (χ1v) is 10.1. The molecule has 1 aliphatic heterocycles. The minimum Gasteiger partial charge on any atom is -0.326 e. The fraction of sp³-hybridized carbons (Fsp3) is 0.222. The summed E-state index contributed by atoms with van der Waals surface area (Å²) in [6.45, 7) is 1.61. The lowest BCUT2D eigenvalue weighted by molar-refractivity contribution is -0.117. The van der Waals surface area contributed by atoms with Gasteiger partial charge in [0.05, 0.1) is 4.90 Å². The van der Waals surface area contributed by atoms with Gasteiger partial charge in [-0.1, -0.05) is 11.6 Å². The molecule has 1 fully saturated rings. The van der Waals surface area contributed by atoms with E-state index in [0.29, 0.717) is 16.4 Å². The van der Waals surface area contributed by atoms with Gasteiger partial charge in [-0.2, -0.15) is 0 Å². The number of sulfonamides is 1. The van der Waals surface area contributed by atoms with Crippen molar-refractivity contribution in [2.75, 3.05) is 16.8 Å². The van der Waals surface area contributed by atoms with Gasteiger partial charge in [-0.15, -0.1) is 0 Å². The Morgan fingerprint density at radius 2 is 1.74 bits per heavy atom. The van der Waals surface area contributed by atoms with Crippen LogP contribution in [-0.4, -0.2) is 32.8 Å². The molecule has 2 amide bonds.